The number of thiophene rings is 1. The van der Waals surface area contributed by atoms with E-state index >= 15 is 0 Å². The molecular formula is C14H14ClNO2S. The van der Waals surface area contributed by atoms with Crippen molar-refractivity contribution < 1.29 is 9.53 Å². The molecule has 0 aliphatic heterocycles. The van der Waals surface area contributed by atoms with Gasteiger partial charge >= 0.3 is 0 Å². The lowest BCUT2D eigenvalue weighted by Gasteiger charge is -2.17. The molecule has 2 rings (SSSR count). The SMILES string of the molecule is CO[C@@H](CNC(=O)c1cccs1)c1ccccc1Cl. The molecule has 100 valence electrons. The highest BCUT2D eigenvalue weighted by Crippen LogP contribution is 2.24. The van der Waals surface area contributed by atoms with Crippen molar-refractivity contribution in [3.05, 3.63) is 57.2 Å². The summed E-state index contributed by atoms with van der Waals surface area (Å²) < 4.78 is 5.39. The third-order valence-electron chi connectivity index (χ3n) is 2.73. The summed E-state index contributed by atoms with van der Waals surface area (Å²) in [5.74, 6) is -0.0934. The first-order chi connectivity index (χ1) is 9.22. The molecule has 3 nitrogen and oxygen atoms in total. The number of hydrogen-bond acceptors (Lipinski definition) is 3. The number of carbonyl (C=O) groups is 1. The van der Waals surface area contributed by atoms with E-state index in [9.17, 15) is 4.79 Å². The summed E-state index contributed by atoms with van der Waals surface area (Å²) >= 11 is 7.53. The second-order valence-corrected chi connectivity index (χ2v) is 5.29. The Morgan fingerprint density at radius 2 is 2.16 bits per heavy atom. The summed E-state index contributed by atoms with van der Waals surface area (Å²) in [5.41, 5.74) is 0.873. The van der Waals surface area contributed by atoms with Crippen molar-refractivity contribution in [1.82, 2.24) is 5.32 Å². The second-order valence-electron chi connectivity index (χ2n) is 3.93. The molecule has 1 aromatic heterocycles. The van der Waals surface area contributed by atoms with E-state index in [1.165, 1.54) is 11.3 Å². The molecule has 0 spiro atoms. The number of benzene rings is 1. The van der Waals surface area contributed by atoms with Crippen molar-refractivity contribution in [2.24, 2.45) is 0 Å². The van der Waals surface area contributed by atoms with Crippen molar-refractivity contribution in [3.8, 4) is 0 Å². The quantitative estimate of drug-likeness (QED) is 0.916. The molecule has 0 bridgehead atoms. The largest absolute Gasteiger partial charge is 0.375 e. The number of amides is 1. The van der Waals surface area contributed by atoms with E-state index in [0.29, 0.717) is 16.4 Å². The van der Waals surface area contributed by atoms with Crippen molar-refractivity contribution in [1.29, 1.82) is 0 Å². The van der Waals surface area contributed by atoms with Gasteiger partial charge in [0.2, 0.25) is 0 Å². The molecule has 1 heterocycles. The van der Waals surface area contributed by atoms with Crippen LogP contribution in [-0.4, -0.2) is 19.6 Å². The van der Waals surface area contributed by atoms with Crippen LogP contribution < -0.4 is 5.32 Å². The van der Waals surface area contributed by atoms with Crippen LogP contribution in [0.4, 0.5) is 0 Å². The van der Waals surface area contributed by atoms with E-state index < -0.39 is 0 Å². The summed E-state index contributed by atoms with van der Waals surface area (Å²) in [7, 11) is 1.60. The van der Waals surface area contributed by atoms with Gasteiger partial charge < -0.3 is 10.1 Å². The fourth-order valence-electron chi connectivity index (χ4n) is 1.74. The summed E-state index contributed by atoms with van der Waals surface area (Å²) in [4.78, 5) is 12.5. The Morgan fingerprint density at radius 1 is 1.37 bits per heavy atom. The van der Waals surface area contributed by atoms with Gasteiger partial charge in [-0.2, -0.15) is 0 Å². The molecule has 0 aliphatic carbocycles. The van der Waals surface area contributed by atoms with Crippen molar-refractivity contribution in [2.75, 3.05) is 13.7 Å². The lowest BCUT2D eigenvalue weighted by molar-refractivity contribution is 0.0831. The normalized spacial score (nSPS) is 12.1. The molecular weight excluding hydrogens is 282 g/mol. The van der Waals surface area contributed by atoms with Crippen LogP contribution in [0.3, 0.4) is 0 Å². The predicted octanol–water partition coefficient (Wildman–Crippen LogP) is 3.52. The molecule has 1 aromatic carbocycles. The Bertz CT molecular complexity index is 542. The maximum atomic E-state index is 11.9. The predicted molar refractivity (Wildman–Crippen MR) is 77.9 cm³/mol. The van der Waals surface area contributed by atoms with E-state index in [4.69, 9.17) is 16.3 Å². The van der Waals surface area contributed by atoms with Crippen LogP contribution in [0.1, 0.15) is 21.3 Å². The van der Waals surface area contributed by atoms with E-state index in [0.717, 1.165) is 5.56 Å². The second kappa shape index (κ2) is 6.70. The van der Waals surface area contributed by atoms with Gasteiger partial charge in [0.25, 0.3) is 5.91 Å². The van der Waals surface area contributed by atoms with Crippen LogP contribution in [0.2, 0.25) is 5.02 Å². The van der Waals surface area contributed by atoms with Crippen LogP contribution in [0, 0.1) is 0 Å². The highest BCUT2D eigenvalue weighted by atomic mass is 35.5. The summed E-state index contributed by atoms with van der Waals surface area (Å²) in [6, 6.07) is 11.1. The van der Waals surface area contributed by atoms with Gasteiger partial charge in [-0.05, 0) is 17.5 Å². The Hall–Kier alpha value is -1.36. The number of methoxy groups -OCH3 is 1. The first kappa shape index (κ1) is 14.1. The Labute approximate surface area is 121 Å². The van der Waals surface area contributed by atoms with E-state index in [-0.39, 0.29) is 12.0 Å². The van der Waals surface area contributed by atoms with E-state index in [2.05, 4.69) is 5.32 Å². The molecule has 5 heteroatoms. The number of ether oxygens (including phenoxy) is 1. The first-order valence-electron chi connectivity index (χ1n) is 5.81. The number of rotatable bonds is 5. The molecule has 2 aromatic rings. The lowest BCUT2D eigenvalue weighted by Crippen LogP contribution is -2.28. The molecule has 1 N–H and O–H groups in total. The fraction of sp³-hybridized carbons (Fsp3) is 0.214. The minimum Gasteiger partial charge on any atom is -0.375 e. The van der Waals surface area contributed by atoms with Gasteiger partial charge in [-0.25, -0.2) is 0 Å². The molecule has 0 unspecified atom stereocenters. The van der Waals surface area contributed by atoms with Gasteiger partial charge in [0, 0.05) is 24.2 Å². The van der Waals surface area contributed by atoms with Crippen LogP contribution >= 0.6 is 22.9 Å². The minimum absolute atomic E-state index is 0.0934. The van der Waals surface area contributed by atoms with E-state index in [1.807, 2.05) is 35.7 Å². The zero-order chi connectivity index (χ0) is 13.7. The van der Waals surface area contributed by atoms with Crippen LogP contribution in [-0.2, 0) is 4.74 Å². The van der Waals surface area contributed by atoms with Crippen LogP contribution in [0.25, 0.3) is 0 Å². The molecule has 0 aliphatic rings. The molecule has 1 atom stereocenters. The molecule has 0 saturated heterocycles. The standard InChI is InChI=1S/C14H14ClNO2S/c1-18-12(10-5-2-3-6-11(10)15)9-16-14(17)13-7-4-8-19-13/h2-8,12H,9H2,1H3,(H,16,17)/t12-/m0/s1. The zero-order valence-corrected chi connectivity index (χ0v) is 12.0. The molecule has 0 saturated carbocycles. The summed E-state index contributed by atoms with van der Waals surface area (Å²) in [6.07, 6.45) is -0.252. The van der Waals surface area contributed by atoms with Gasteiger partial charge in [-0.3, -0.25) is 4.79 Å². The minimum atomic E-state index is -0.252. The van der Waals surface area contributed by atoms with Crippen LogP contribution in [0.5, 0.6) is 0 Å². The molecule has 0 fully saturated rings. The third kappa shape index (κ3) is 3.56. The van der Waals surface area contributed by atoms with Gasteiger partial charge in [-0.15, -0.1) is 11.3 Å². The summed E-state index contributed by atoms with van der Waals surface area (Å²) in [6.45, 7) is 0.386. The van der Waals surface area contributed by atoms with E-state index in [1.54, 1.807) is 13.2 Å². The fourth-order valence-corrected chi connectivity index (χ4v) is 2.63. The summed E-state index contributed by atoms with van der Waals surface area (Å²) in [5, 5.41) is 5.36. The van der Waals surface area contributed by atoms with Crippen molar-refractivity contribution >= 4 is 28.8 Å². The molecule has 0 radical (unpaired) electrons. The average molecular weight is 296 g/mol. The van der Waals surface area contributed by atoms with Crippen LogP contribution in [0.15, 0.2) is 41.8 Å². The smallest absolute Gasteiger partial charge is 0.261 e. The van der Waals surface area contributed by atoms with Gasteiger partial charge in [0.1, 0.15) is 6.10 Å². The Kier molecular flexibility index (Phi) is 4.96. The average Bonchev–Trinajstić information content (AvgIpc) is 2.95. The highest BCUT2D eigenvalue weighted by molar-refractivity contribution is 7.12. The number of halogens is 1. The first-order valence-corrected chi connectivity index (χ1v) is 7.07. The number of nitrogens with one attached hydrogen (secondary N) is 1. The number of carbonyl (C=O) groups excluding carboxylic acids is 1. The zero-order valence-electron chi connectivity index (χ0n) is 10.4. The topological polar surface area (TPSA) is 38.3 Å². The van der Waals surface area contributed by atoms with Crippen molar-refractivity contribution in [3.63, 3.8) is 0 Å². The molecule has 1 amide bonds. The van der Waals surface area contributed by atoms with Gasteiger partial charge in [0.15, 0.2) is 0 Å². The Balaban J connectivity index is 2.01. The monoisotopic (exact) mass is 295 g/mol. The Morgan fingerprint density at radius 3 is 2.79 bits per heavy atom. The number of hydrogen-bond donors (Lipinski definition) is 1. The molecule has 19 heavy (non-hydrogen) atoms. The maximum Gasteiger partial charge on any atom is 0.261 e. The van der Waals surface area contributed by atoms with Gasteiger partial charge in [0.05, 0.1) is 4.88 Å². The van der Waals surface area contributed by atoms with Crippen molar-refractivity contribution in [2.45, 2.75) is 6.10 Å². The highest BCUT2D eigenvalue weighted by Gasteiger charge is 2.15. The third-order valence-corrected chi connectivity index (χ3v) is 3.94. The lowest BCUT2D eigenvalue weighted by atomic mass is 10.1. The van der Waals surface area contributed by atoms with Gasteiger partial charge in [-0.1, -0.05) is 35.9 Å². The maximum absolute atomic E-state index is 11.9.